The average Bonchev–Trinajstić information content (AvgIpc) is 3.42. The van der Waals surface area contributed by atoms with Crippen LogP contribution in [0.3, 0.4) is 0 Å². The molecule has 0 atom stereocenters. The zero-order chi connectivity index (χ0) is 22.5. The maximum Gasteiger partial charge on any atom is 0.238 e. The van der Waals surface area contributed by atoms with Crippen molar-refractivity contribution in [1.29, 1.82) is 0 Å². The number of nitrogens with one attached hydrogen (secondary N) is 1. The number of halogens is 1. The van der Waals surface area contributed by atoms with Crippen molar-refractivity contribution >= 4 is 40.6 Å². The molecule has 0 aliphatic carbocycles. The second-order valence-electron chi connectivity index (χ2n) is 7.16. The van der Waals surface area contributed by atoms with E-state index < -0.39 is 5.82 Å². The minimum atomic E-state index is -0.400. The zero-order valence-corrected chi connectivity index (χ0v) is 18.7. The Morgan fingerprint density at radius 3 is 2.69 bits per heavy atom. The molecule has 1 aliphatic rings. The van der Waals surface area contributed by atoms with Gasteiger partial charge in [-0.2, -0.15) is 0 Å². The van der Waals surface area contributed by atoms with E-state index in [4.69, 9.17) is 5.84 Å². The van der Waals surface area contributed by atoms with Gasteiger partial charge in [-0.15, -0.1) is 21.5 Å². The Bertz CT molecular complexity index is 1080. The summed E-state index contributed by atoms with van der Waals surface area (Å²) in [5.74, 6) is 6.23. The van der Waals surface area contributed by atoms with E-state index in [0.717, 1.165) is 4.88 Å². The maximum atomic E-state index is 13.2. The number of anilines is 1. The zero-order valence-electron chi connectivity index (χ0n) is 17.1. The number of aromatic nitrogens is 3. The molecule has 2 aromatic heterocycles. The van der Waals surface area contributed by atoms with Gasteiger partial charge < -0.3 is 16.1 Å². The monoisotopic (exact) mass is 475 g/mol. The van der Waals surface area contributed by atoms with Gasteiger partial charge in [-0.3, -0.25) is 14.5 Å². The summed E-state index contributed by atoms with van der Waals surface area (Å²) < 4.78 is 14.6. The second-order valence-corrected chi connectivity index (χ2v) is 9.05. The summed E-state index contributed by atoms with van der Waals surface area (Å²) in [5, 5.41) is 13.3. The van der Waals surface area contributed by atoms with Crippen LogP contribution in [0.15, 0.2) is 46.9 Å². The summed E-state index contributed by atoms with van der Waals surface area (Å²) in [4.78, 5) is 29.4. The smallest absolute Gasteiger partial charge is 0.238 e. The van der Waals surface area contributed by atoms with Crippen LogP contribution in [0.25, 0.3) is 10.7 Å². The summed E-state index contributed by atoms with van der Waals surface area (Å²) in [6.07, 6.45) is 0. The first-order valence-corrected chi connectivity index (χ1v) is 11.8. The lowest BCUT2D eigenvalue weighted by atomic mass is 10.3. The van der Waals surface area contributed by atoms with E-state index in [-0.39, 0.29) is 24.1 Å². The first-order valence-electron chi connectivity index (χ1n) is 9.92. The molecule has 0 saturated carbocycles. The van der Waals surface area contributed by atoms with Crippen molar-refractivity contribution < 1.29 is 14.0 Å². The SMILES string of the molecule is Nn1c(SCC(=O)N2CCN(CC(=O)Nc3cccc(F)c3)CC2)nnc1-c1cccs1. The van der Waals surface area contributed by atoms with Gasteiger partial charge in [0.15, 0.2) is 5.82 Å². The Balaban J connectivity index is 1.21. The lowest BCUT2D eigenvalue weighted by molar-refractivity contribution is -0.130. The van der Waals surface area contributed by atoms with Crippen LogP contribution in [0.4, 0.5) is 10.1 Å². The van der Waals surface area contributed by atoms with Crippen LogP contribution in [-0.2, 0) is 9.59 Å². The largest absolute Gasteiger partial charge is 0.339 e. The third-order valence-electron chi connectivity index (χ3n) is 4.93. The minimum Gasteiger partial charge on any atom is -0.339 e. The van der Waals surface area contributed by atoms with Crippen molar-refractivity contribution in [2.75, 3.05) is 49.6 Å². The Kier molecular flexibility index (Phi) is 7.02. The van der Waals surface area contributed by atoms with Crippen LogP contribution >= 0.6 is 23.1 Å². The molecule has 1 saturated heterocycles. The highest BCUT2D eigenvalue weighted by molar-refractivity contribution is 7.99. The Morgan fingerprint density at radius 2 is 1.97 bits per heavy atom. The fourth-order valence-corrected chi connectivity index (χ4v) is 4.76. The number of nitrogens with zero attached hydrogens (tertiary/aromatic N) is 5. The van der Waals surface area contributed by atoms with E-state index in [1.807, 2.05) is 22.4 Å². The van der Waals surface area contributed by atoms with E-state index in [2.05, 4.69) is 15.5 Å². The van der Waals surface area contributed by atoms with Crippen LogP contribution < -0.4 is 11.2 Å². The number of nitrogens with two attached hydrogens (primary N) is 1. The molecule has 0 spiro atoms. The lowest BCUT2D eigenvalue weighted by Crippen LogP contribution is -2.50. The van der Waals surface area contributed by atoms with Gasteiger partial charge in [-0.05, 0) is 29.6 Å². The van der Waals surface area contributed by atoms with Crippen molar-refractivity contribution in [3.05, 3.63) is 47.6 Å². The Hall–Kier alpha value is -2.96. The number of nitrogen functional groups attached to an aromatic ring is 1. The van der Waals surface area contributed by atoms with Crippen LogP contribution in [0, 0.1) is 5.82 Å². The quantitative estimate of drug-likeness (QED) is 0.396. The van der Waals surface area contributed by atoms with Gasteiger partial charge in [0.25, 0.3) is 0 Å². The van der Waals surface area contributed by atoms with Crippen molar-refractivity contribution in [2.24, 2.45) is 0 Å². The number of hydrogen-bond donors (Lipinski definition) is 2. The van der Waals surface area contributed by atoms with Crippen LogP contribution in [0.5, 0.6) is 0 Å². The molecule has 0 radical (unpaired) electrons. The van der Waals surface area contributed by atoms with E-state index in [9.17, 15) is 14.0 Å². The van der Waals surface area contributed by atoms with Crippen molar-refractivity contribution in [3.8, 4) is 10.7 Å². The highest BCUT2D eigenvalue weighted by Crippen LogP contribution is 2.25. The standard InChI is InChI=1S/C20H22FN7O2S2/c21-14-3-1-4-15(11-14)23-17(29)12-26-6-8-27(9-7-26)18(30)13-32-20-25-24-19(28(20)22)16-5-2-10-31-16/h1-5,10-11H,6-9,12-13,22H2,(H,23,29). The molecule has 168 valence electrons. The number of thiophene rings is 1. The van der Waals surface area contributed by atoms with Crippen molar-refractivity contribution in [1.82, 2.24) is 24.7 Å². The summed E-state index contributed by atoms with van der Waals surface area (Å²) in [6.45, 7) is 2.42. The molecule has 3 heterocycles. The predicted molar refractivity (Wildman–Crippen MR) is 122 cm³/mol. The molecule has 1 fully saturated rings. The molecular weight excluding hydrogens is 453 g/mol. The minimum absolute atomic E-state index is 0.0143. The highest BCUT2D eigenvalue weighted by Gasteiger charge is 2.23. The lowest BCUT2D eigenvalue weighted by Gasteiger charge is -2.34. The number of thioether (sulfide) groups is 1. The molecule has 2 amide bonds. The number of rotatable bonds is 7. The number of amides is 2. The summed E-state index contributed by atoms with van der Waals surface area (Å²) in [5.41, 5.74) is 0.427. The van der Waals surface area contributed by atoms with E-state index in [0.29, 0.717) is 42.8 Å². The van der Waals surface area contributed by atoms with Gasteiger partial charge in [0.1, 0.15) is 5.82 Å². The predicted octanol–water partition coefficient (Wildman–Crippen LogP) is 1.73. The fraction of sp³-hybridized carbons (Fsp3) is 0.300. The average molecular weight is 476 g/mol. The number of carbonyl (C=O) groups excluding carboxylic acids is 2. The summed E-state index contributed by atoms with van der Waals surface area (Å²) in [7, 11) is 0. The van der Waals surface area contributed by atoms with E-state index >= 15 is 0 Å². The maximum absolute atomic E-state index is 13.2. The third kappa shape index (κ3) is 5.44. The molecule has 12 heteroatoms. The molecular formula is C20H22FN7O2S2. The molecule has 3 aromatic rings. The molecule has 1 aromatic carbocycles. The first kappa shape index (κ1) is 22.2. The second kappa shape index (κ2) is 10.1. The number of benzene rings is 1. The van der Waals surface area contributed by atoms with Crippen molar-refractivity contribution in [2.45, 2.75) is 5.16 Å². The Labute approximate surface area is 192 Å². The van der Waals surface area contributed by atoms with Gasteiger partial charge >= 0.3 is 0 Å². The topological polar surface area (TPSA) is 109 Å². The van der Waals surface area contributed by atoms with Crippen LogP contribution in [0.2, 0.25) is 0 Å². The number of carbonyl (C=O) groups is 2. The van der Waals surface area contributed by atoms with Gasteiger partial charge in [-0.1, -0.05) is 23.9 Å². The van der Waals surface area contributed by atoms with E-state index in [1.54, 1.807) is 17.0 Å². The van der Waals surface area contributed by atoms with Gasteiger partial charge in [0.05, 0.1) is 17.2 Å². The fourth-order valence-electron chi connectivity index (χ4n) is 3.29. The highest BCUT2D eigenvalue weighted by atomic mass is 32.2. The number of piperazine rings is 1. The van der Waals surface area contributed by atoms with Gasteiger partial charge in [-0.25, -0.2) is 9.07 Å². The van der Waals surface area contributed by atoms with Crippen molar-refractivity contribution in [3.63, 3.8) is 0 Å². The molecule has 4 rings (SSSR count). The van der Waals surface area contributed by atoms with Crippen LogP contribution in [0.1, 0.15) is 0 Å². The molecule has 0 unspecified atom stereocenters. The first-order chi connectivity index (χ1) is 15.5. The van der Waals surface area contributed by atoms with Gasteiger partial charge in [0, 0.05) is 31.9 Å². The molecule has 32 heavy (non-hydrogen) atoms. The Morgan fingerprint density at radius 1 is 1.16 bits per heavy atom. The summed E-state index contributed by atoms with van der Waals surface area (Å²) >= 11 is 2.77. The van der Waals surface area contributed by atoms with Crippen LogP contribution in [-0.4, -0.2) is 75.0 Å². The molecule has 9 nitrogen and oxygen atoms in total. The number of hydrogen-bond acceptors (Lipinski definition) is 8. The molecule has 3 N–H and O–H groups in total. The van der Waals surface area contributed by atoms with Gasteiger partial charge in [0.2, 0.25) is 17.0 Å². The molecule has 0 bridgehead atoms. The normalized spacial score (nSPS) is 14.5. The van der Waals surface area contributed by atoms with E-state index in [1.165, 1.54) is 39.9 Å². The third-order valence-corrected chi connectivity index (χ3v) is 6.73. The summed E-state index contributed by atoms with van der Waals surface area (Å²) in [6, 6.07) is 9.61. The molecule has 1 aliphatic heterocycles.